The van der Waals surface area contributed by atoms with Gasteiger partial charge in [-0.3, -0.25) is 0 Å². The Labute approximate surface area is 128 Å². The molecule has 0 saturated heterocycles. The van der Waals surface area contributed by atoms with Gasteiger partial charge in [-0.05, 0) is 19.2 Å². The summed E-state index contributed by atoms with van der Waals surface area (Å²) in [4.78, 5) is 10.8. The zero-order chi connectivity index (χ0) is 15.4. The molecule has 0 amide bonds. The molecule has 1 aromatic carbocycles. The van der Waals surface area contributed by atoms with Crippen molar-refractivity contribution in [3.8, 4) is 0 Å². The maximum absolute atomic E-state index is 13.9. The Morgan fingerprint density at radius 2 is 2.00 bits per heavy atom. The molecule has 0 aliphatic rings. The fourth-order valence-corrected chi connectivity index (χ4v) is 2.41. The smallest absolute Gasteiger partial charge is 0.191 e. The van der Waals surface area contributed by atoms with Gasteiger partial charge in [-0.15, -0.1) is 0 Å². The number of benzene rings is 1. The quantitative estimate of drug-likeness (QED) is 0.675. The normalized spacial score (nSPS) is 12.0. The first kappa shape index (κ1) is 15.6. The van der Waals surface area contributed by atoms with E-state index in [-0.39, 0.29) is 11.9 Å². The van der Waals surface area contributed by atoms with Crippen molar-refractivity contribution in [2.24, 2.45) is 0 Å². The predicted octanol–water partition coefficient (Wildman–Crippen LogP) is 3.58. The number of aromatic nitrogens is 2. The van der Waals surface area contributed by atoms with Gasteiger partial charge < -0.3 is 10.2 Å². The van der Waals surface area contributed by atoms with E-state index in [9.17, 15) is 4.39 Å². The first-order chi connectivity index (χ1) is 10.1. The fourth-order valence-electron chi connectivity index (χ4n) is 2.03. The summed E-state index contributed by atoms with van der Waals surface area (Å²) >= 11 is 1.48. The zero-order valence-electron chi connectivity index (χ0n) is 12.6. The van der Waals surface area contributed by atoms with Gasteiger partial charge in [0.05, 0.1) is 6.04 Å². The van der Waals surface area contributed by atoms with Crippen LogP contribution in [0.15, 0.2) is 35.5 Å². The van der Waals surface area contributed by atoms with Crippen LogP contribution in [-0.2, 0) is 0 Å². The van der Waals surface area contributed by atoms with E-state index in [1.807, 2.05) is 44.3 Å². The molecule has 2 aromatic rings. The van der Waals surface area contributed by atoms with E-state index in [1.165, 1.54) is 17.8 Å². The highest BCUT2D eigenvalue weighted by molar-refractivity contribution is 7.98. The highest BCUT2D eigenvalue weighted by Gasteiger charge is 2.18. The van der Waals surface area contributed by atoms with Crippen LogP contribution in [0.1, 0.15) is 18.5 Å². The second-order valence-electron chi connectivity index (χ2n) is 4.66. The predicted molar refractivity (Wildman–Crippen MR) is 86.6 cm³/mol. The van der Waals surface area contributed by atoms with Gasteiger partial charge in [0.2, 0.25) is 0 Å². The third kappa shape index (κ3) is 3.44. The van der Waals surface area contributed by atoms with Crippen molar-refractivity contribution in [3.05, 3.63) is 41.7 Å². The molecule has 21 heavy (non-hydrogen) atoms. The Kier molecular flexibility index (Phi) is 5.01. The molecule has 1 atom stereocenters. The fraction of sp³-hybridized carbons (Fsp3) is 0.333. The summed E-state index contributed by atoms with van der Waals surface area (Å²) in [6.07, 6.45) is 1.93. The molecule has 0 aliphatic carbocycles. The number of rotatable bonds is 5. The Bertz CT molecular complexity index is 598. The monoisotopic (exact) mass is 306 g/mol. The summed E-state index contributed by atoms with van der Waals surface area (Å²) < 4.78 is 13.9. The van der Waals surface area contributed by atoms with Crippen molar-refractivity contribution in [2.45, 2.75) is 18.1 Å². The summed E-state index contributed by atoms with van der Waals surface area (Å²) in [5, 5.41) is 3.71. The second kappa shape index (κ2) is 6.76. The van der Waals surface area contributed by atoms with E-state index in [1.54, 1.807) is 12.1 Å². The number of thioether (sulfide) groups is 1. The molecule has 0 bridgehead atoms. The number of anilines is 2. The molecule has 1 unspecified atom stereocenters. The van der Waals surface area contributed by atoms with Gasteiger partial charge in [0.15, 0.2) is 5.16 Å². The average molecular weight is 306 g/mol. The SMILES string of the molecule is CNc1cc(N(C)C(C)c2ccccc2F)nc(SC)n1. The maximum atomic E-state index is 13.9. The van der Waals surface area contributed by atoms with Gasteiger partial charge in [0.25, 0.3) is 0 Å². The maximum Gasteiger partial charge on any atom is 0.191 e. The van der Waals surface area contributed by atoms with Crippen molar-refractivity contribution in [3.63, 3.8) is 0 Å². The Hall–Kier alpha value is -1.82. The minimum Gasteiger partial charge on any atom is -0.373 e. The van der Waals surface area contributed by atoms with Gasteiger partial charge in [-0.2, -0.15) is 0 Å². The van der Waals surface area contributed by atoms with E-state index in [0.29, 0.717) is 10.7 Å². The lowest BCUT2D eigenvalue weighted by molar-refractivity contribution is 0.583. The third-order valence-electron chi connectivity index (χ3n) is 3.43. The van der Waals surface area contributed by atoms with Crippen LogP contribution in [0.4, 0.5) is 16.0 Å². The van der Waals surface area contributed by atoms with Gasteiger partial charge in [0, 0.05) is 25.7 Å². The van der Waals surface area contributed by atoms with E-state index in [2.05, 4.69) is 15.3 Å². The molecule has 1 heterocycles. The van der Waals surface area contributed by atoms with Crippen molar-refractivity contribution in [2.75, 3.05) is 30.6 Å². The first-order valence-electron chi connectivity index (χ1n) is 6.65. The molecule has 2 rings (SSSR count). The Balaban J connectivity index is 2.35. The van der Waals surface area contributed by atoms with Crippen molar-refractivity contribution < 1.29 is 4.39 Å². The van der Waals surface area contributed by atoms with Crippen LogP contribution in [0.25, 0.3) is 0 Å². The Morgan fingerprint density at radius 1 is 1.29 bits per heavy atom. The van der Waals surface area contributed by atoms with Crippen LogP contribution in [0.2, 0.25) is 0 Å². The van der Waals surface area contributed by atoms with E-state index >= 15 is 0 Å². The van der Waals surface area contributed by atoms with Gasteiger partial charge in [0.1, 0.15) is 17.5 Å². The standard InChI is InChI=1S/C15H19FN4S/c1-10(11-7-5-6-8-12(11)16)20(3)14-9-13(17-2)18-15(19-14)21-4/h5-10H,1-4H3,(H,17,18,19). The highest BCUT2D eigenvalue weighted by atomic mass is 32.2. The molecule has 0 fully saturated rings. The minimum atomic E-state index is -0.204. The minimum absolute atomic E-state index is 0.125. The lowest BCUT2D eigenvalue weighted by Gasteiger charge is -2.27. The van der Waals surface area contributed by atoms with Gasteiger partial charge in [-0.1, -0.05) is 30.0 Å². The van der Waals surface area contributed by atoms with E-state index in [0.717, 1.165) is 11.6 Å². The van der Waals surface area contributed by atoms with Crippen LogP contribution in [0.3, 0.4) is 0 Å². The molecule has 1 aromatic heterocycles. The molecule has 0 radical (unpaired) electrons. The summed E-state index contributed by atoms with van der Waals surface area (Å²) in [6.45, 7) is 1.96. The van der Waals surface area contributed by atoms with Crippen LogP contribution < -0.4 is 10.2 Å². The van der Waals surface area contributed by atoms with Crippen LogP contribution in [0.5, 0.6) is 0 Å². The number of hydrogen-bond acceptors (Lipinski definition) is 5. The molecule has 0 spiro atoms. The number of nitrogens with zero attached hydrogens (tertiary/aromatic N) is 3. The molecular weight excluding hydrogens is 287 g/mol. The second-order valence-corrected chi connectivity index (χ2v) is 5.43. The third-order valence-corrected chi connectivity index (χ3v) is 3.98. The zero-order valence-corrected chi connectivity index (χ0v) is 13.4. The molecule has 112 valence electrons. The molecule has 0 saturated carbocycles. The molecule has 1 N–H and O–H groups in total. The molecular formula is C15H19FN4S. The number of halogens is 1. The molecule has 4 nitrogen and oxygen atoms in total. The molecule has 6 heteroatoms. The summed E-state index contributed by atoms with van der Waals surface area (Å²) in [5.74, 6) is 1.30. The molecule has 0 aliphatic heterocycles. The number of hydrogen-bond donors (Lipinski definition) is 1. The van der Waals surface area contributed by atoms with Crippen molar-refractivity contribution in [1.82, 2.24) is 9.97 Å². The van der Waals surface area contributed by atoms with Crippen LogP contribution >= 0.6 is 11.8 Å². The first-order valence-corrected chi connectivity index (χ1v) is 7.87. The summed E-state index contributed by atoms with van der Waals surface area (Å²) in [5.41, 5.74) is 0.648. The Morgan fingerprint density at radius 3 is 2.62 bits per heavy atom. The summed E-state index contributed by atoms with van der Waals surface area (Å²) in [7, 11) is 3.72. The highest BCUT2D eigenvalue weighted by Crippen LogP contribution is 2.28. The summed E-state index contributed by atoms with van der Waals surface area (Å²) in [6, 6.07) is 8.55. The average Bonchev–Trinajstić information content (AvgIpc) is 2.53. The largest absolute Gasteiger partial charge is 0.373 e. The topological polar surface area (TPSA) is 41.0 Å². The lowest BCUT2D eigenvalue weighted by atomic mass is 10.1. The van der Waals surface area contributed by atoms with Crippen LogP contribution in [-0.4, -0.2) is 30.3 Å². The van der Waals surface area contributed by atoms with Crippen molar-refractivity contribution >= 4 is 23.4 Å². The lowest BCUT2D eigenvalue weighted by Crippen LogP contribution is -2.24. The number of nitrogens with one attached hydrogen (secondary N) is 1. The van der Waals surface area contributed by atoms with E-state index < -0.39 is 0 Å². The van der Waals surface area contributed by atoms with Crippen molar-refractivity contribution in [1.29, 1.82) is 0 Å². The van der Waals surface area contributed by atoms with E-state index in [4.69, 9.17) is 0 Å². The van der Waals surface area contributed by atoms with Gasteiger partial charge >= 0.3 is 0 Å². The van der Waals surface area contributed by atoms with Crippen LogP contribution in [0, 0.1) is 5.82 Å². The van der Waals surface area contributed by atoms with Gasteiger partial charge in [-0.25, -0.2) is 14.4 Å².